The van der Waals surface area contributed by atoms with E-state index in [4.69, 9.17) is 9.72 Å². The van der Waals surface area contributed by atoms with Crippen LogP contribution in [-0.2, 0) is 17.7 Å². The highest BCUT2D eigenvalue weighted by molar-refractivity contribution is 5.94. The van der Waals surface area contributed by atoms with Gasteiger partial charge in [0.25, 0.3) is 5.91 Å². The third-order valence-corrected chi connectivity index (χ3v) is 4.78. The lowest BCUT2D eigenvalue weighted by atomic mass is 10.0. The minimum absolute atomic E-state index is 0.0703. The summed E-state index contributed by atoms with van der Waals surface area (Å²) >= 11 is 0. The molecule has 25 heavy (non-hydrogen) atoms. The van der Waals surface area contributed by atoms with E-state index >= 15 is 0 Å². The van der Waals surface area contributed by atoms with Crippen LogP contribution in [0.3, 0.4) is 0 Å². The van der Waals surface area contributed by atoms with Crippen LogP contribution >= 0.6 is 0 Å². The first-order valence-electron chi connectivity index (χ1n) is 8.74. The topological polar surface area (TPSA) is 58.6 Å². The van der Waals surface area contributed by atoms with Gasteiger partial charge in [0, 0.05) is 31.4 Å². The molecule has 2 aliphatic heterocycles. The minimum atomic E-state index is 0.0703. The van der Waals surface area contributed by atoms with Crippen molar-refractivity contribution in [2.75, 3.05) is 37.7 Å². The fourth-order valence-electron chi connectivity index (χ4n) is 3.34. The lowest BCUT2D eigenvalue weighted by molar-refractivity contribution is 0.0731. The molecule has 2 aliphatic rings. The Morgan fingerprint density at radius 2 is 2.04 bits per heavy atom. The van der Waals surface area contributed by atoms with Gasteiger partial charge in [-0.1, -0.05) is 17.7 Å². The average Bonchev–Trinajstić information content (AvgIpc) is 2.67. The van der Waals surface area contributed by atoms with Crippen molar-refractivity contribution in [2.45, 2.75) is 19.9 Å². The van der Waals surface area contributed by atoms with Gasteiger partial charge in [-0.15, -0.1) is 0 Å². The summed E-state index contributed by atoms with van der Waals surface area (Å²) in [6, 6.07) is 7.75. The van der Waals surface area contributed by atoms with Gasteiger partial charge < -0.3 is 14.5 Å². The predicted octanol–water partition coefficient (Wildman–Crippen LogP) is 1.82. The molecular weight excluding hydrogens is 316 g/mol. The van der Waals surface area contributed by atoms with E-state index in [1.807, 2.05) is 42.3 Å². The zero-order valence-corrected chi connectivity index (χ0v) is 14.4. The van der Waals surface area contributed by atoms with Crippen LogP contribution in [0.25, 0.3) is 0 Å². The lowest BCUT2D eigenvalue weighted by Gasteiger charge is -2.30. The van der Waals surface area contributed by atoms with E-state index in [9.17, 15) is 4.79 Å². The summed E-state index contributed by atoms with van der Waals surface area (Å²) in [5.74, 6) is 0.813. The van der Waals surface area contributed by atoms with Gasteiger partial charge >= 0.3 is 0 Å². The molecule has 2 aromatic rings. The highest BCUT2D eigenvalue weighted by Gasteiger charge is 2.24. The molecule has 6 nitrogen and oxygen atoms in total. The summed E-state index contributed by atoms with van der Waals surface area (Å²) in [7, 11) is 0. The Balaban J connectivity index is 1.54. The Morgan fingerprint density at radius 1 is 1.20 bits per heavy atom. The van der Waals surface area contributed by atoms with Crippen molar-refractivity contribution in [3.05, 3.63) is 52.8 Å². The van der Waals surface area contributed by atoms with Crippen LogP contribution in [0.1, 0.15) is 27.2 Å². The molecule has 0 atom stereocenters. The molecule has 1 amide bonds. The molecule has 0 radical (unpaired) electrons. The number of hydrogen-bond donors (Lipinski definition) is 0. The summed E-state index contributed by atoms with van der Waals surface area (Å²) in [6.45, 7) is 6.29. The van der Waals surface area contributed by atoms with E-state index in [1.54, 1.807) is 0 Å². The quantitative estimate of drug-likeness (QED) is 0.836. The summed E-state index contributed by atoms with van der Waals surface area (Å²) in [4.78, 5) is 26.1. The van der Waals surface area contributed by atoms with Crippen LogP contribution < -0.4 is 4.90 Å². The maximum absolute atomic E-state index is 12.8. The number of carbonyl (C=O) groups is 1. The van der Waals surface area contributed by atoms with E-state index in [1.165, 1.54) is 0 Å². The molecular formula is C19H22N4O2. The Labute approximate surface area is 147 Å². The number of nitrogens with zero attached hydrogens (tertiary/aromatic N) is 4. The molecule has 0 aliphatic carbocycles. The number of ether oxygens (including phenoxy) is 1. The van der Waals surface area contributed by atoms with Gasteiger partial charge in [-0.2, -0.15) is 0 Å². The van der Waals surface area contributed by atoms with Crippen molar-refractivity contribution in [1.82, 2.24) is 14.9 Å². The molecule has 1 fully saturated rings. The molecule has 0 bridgehead atoms. The SMILES string of the molecule is Cc1cccc(C(=O)N2CCc3cnc(N4CCOCC4)nc3C2)c1. The lowest BCUT2D eigenvalue weighted by Crippen LogP contribution is -2.39. The molecule has 1 aromatic carbocycles. The van der Waals surface area contributed by atoms with Crippen molar-refractivity contribution < 1.29 is 9.53 Å². The number of amides is 1. The zero-order valence-electron chi connectivity index (χ0n) is 14.4. The largest absolute Gasteiger partial charge is 0.378 e. The molecule has 0 saturated carbocycles. The van der Waals surface area contributed by atoms with Crippen LogP contribution in [0, 0.1) is 6.92 Å². The van der Waals surface area contributed by atoms with E-state index in [0.717, 1.165) is 47.8 Å². The van der Waals surface area contributed by atoms with Gasteiger partial charge in [-0.05, 0) is 31.0 Å². The molecule has 0 unspecified atom stereocenters. The van der Waals surface area contributed by atoms with Gasteiger partial charge in [-0.3, -0.25) is 4.79 Å². The van der Waals surface area contributed by atoms with Crippen LogP contribution in [0.4, 0.5) is 5.95 Å². The molecule has 1 aromatic heterocycles. The Morgan fingerprint density at radius 3 is 2.84 bits per heavy atom. The maximum Gasteiger partial charge on any atom is 0.254 e. The highest BCUT2D eigenvalue weighted by Crippen LogP contribution is 2.21. The number of hydrogen-bond acceptors (Lipinski definition) is 5. The number of rotatable bonds is 2. The van der Waals surface area contributed by atoms with Crippen LogP contribution in [0.2, 0.25) is 0 Å². The van der Waals surface area contributed by atoms with Gasteiger partial charge in [0.2, 0.25) is 5.95 Å². The van der Waals surface area contributed by atoms with Crippen LogP contribution in [0.15, 0.2) is 30.5 Å². The van der Waals surface area contributed by atoms with Crippen molar-refractivity contribution >= 4 is 11.9 Å². The average molecular weight is 338 g/mol. The summed E-state index contributed by atoms with van der Waals surface area (Å²) < 4.78 is 5.39. The molecule has 3 heterocycles. The Hall–Kier alpha value is -2.47. The summed E-state index contributed by atoms with van der Waals surface area (Å²) in [5, 5.41) is 0. The molecule has 0 N–H and O–H groups in total. The third-order valence-electron chi connectivity index (χ3n) is 4.78. The van der Waals surface area contributed by atoms with Crippen LogP contribution in [-0.4, -0.2) is 53.6 Å². The normalized spacial score (nSPS) is 17.3. The first-order chi connectivity index (χ1) is 12.2. The van der Waals surface area contributed by atoms with E-state index < -0.39 is 0 Å². The van der Waals surface area contributed by atoms with Crippen molar-refractivity contribution in [3.8, 4) is 0 Å². The molecule has 1 saturated heterocycles. The summed E-state index contributed by atoms with van der Waals surface area (Å²) in [6.07, 6.45) is 2.72. The number of benzene rings is 1. The van der Waals surface area contributed by atoms with Crippen molar-refractivity contribution in [3.63, 3.8) is 0 Å². The zero-order chi connectivity index (χ0) is 17.2. The first-order valence-corrected chi connectivity index (χ1v) is 8.74. The second-order valence-corrected chi connectivity index (χ2v) is 6.59. The van der Waals surface area contributed by atoms with Crippen LogP contribution in [0.5, 0.6) is 0 Å². The van der Waals surface area contributed by atoms with E-state index in [0.29, 0.717) is 26.3 Å². The summed E-state index contributed by atoms with van der Waals surface area (Å²) in [5.41, 5.74) is 3.94. The fourth-order valence-corrected chi connectivity index (χ4v) is 3.34. The molecule has 0 spiro atoms. The second-order valence-electron chi connectivity index (χ2n) is 6.59. The standard InChI is InChI=1S/C19H22N4O2/c1-14-3-2-4-15(11-14)18(24)23-6-5-16-12-20-19(21-17(16)13-23)22-7-9-25-10-8-22/h2-4,11-12H,5-10,13H2,1H3. The predicted molar refractivity (Wildman–Crippen MR) is 94.7 cm³/mol. The highest BCUT2D eigenvalue weighted by atomic mass is 16.5. The third kappa shape index (κ3) is 3.35. The number of aromatic nitrogens is 2. The Bertz CT molecular complexity index is 787. The molecule has 6 heteroatoms. The molecule has 130 valence electrons. The fraction of sp³-hybridized carbons (Fsp3) is 0.421. The van der Waals surface area contributed by atoms with Crippen molar-refractivity contribution in [1.29, 1.82) is 0 Å². The van der Waals surface area contributed by atoms with Gasteiger partial charge in [-0.25, -0.2) is 9.97 Å². The number of carbonyl (C=O) groups excluding carboxylic acids is 1. The number of fused-ring (bicyclic) bond motifs is 1. The van der Waals surface area contributed by atoms with Gasteiger partial charge in [0.1, 0.15) is 0 Å². The first kappa shape index (κ1) is 16.0. The number of morpholine rings is 1. The van der Waals surface area contributed by atoms with Gasteiger partial charge in [0.05, 0.1) is 25.5 Å². The minimum Gasteiger partial charge on any atom is -0.378 e. The second kappa shape index (κ2) is 6.80. The smallest absolute Gasteiger partial charge is 0.254 e. The van der Waals surface area contributed by atoms with Crippen molar-refractivity contribution in [2.24, 2.45) is 0 Å². The van der Waals surface area contributed by atoms with E-state index in [-0.39, 0.29) is 5.91 Å². The monoisotopic (exact) mass is 338 g/mol. The Kier molecular flexibility index (Phi) is 4.36. The van der Waals surface area contributed by atoms with E-state index in [2.05, 4.69) is 9.88 Å². The van der Waals surface area contributed by atoms with Gasteiger partial charge in [0.15, 0.2) is 0 Å². The number of anilines is 1. The molecule has 4 rings (SSSR count). The maximum atomic E-state index is 12.8. The number of aryl methyl sites for hydroxylation is 1.